The fraction of sp³-hybridized carbons (Fsp3) is 0.444. The minimum absolute atomic E-state index is 0.755. The van der Waals surface area contributed by atoms with Crippen LogP contribution >= 0.6 is 0 Å². The van der Waals surface area contributed by atoms with Crippen molar-refractivity contribution in [1.29, 1.82) is 0 Å². The van der Waals surface area contributed by atoms with Gasteiger partial charge >= 0.3 is 0 Å². The maximum atomic E-state index is 4.74. The van der Waals surface area contributed by atoms with Gasteiger partial charge in [0.15, 0.2) is 5.96 Å². The number of aryl methyl sites for hydroxylation is 2. The molecule has 0 amide bonds. The lowest BCUT2D eigenvalue weighted by Crippen LogP contribution is -2.39. The number of guanidine groups is 1. The van der Waals surface area contributed by atoms with E-state index >= 15 is 0 Å². The van der Waals surface area contributed by atoms with Gasteiger partial charge < -0.3 is 14.8 Å². The Hall–Kier alpha value is -2.30. The lowest BCUT2D eigenvalue weighted by molar-refractivity contribution is 0.462. The van der Waals surface area contributed by atoms with Crippen molar-refractivity contribution in [2.75, 3.05) is 20.1 Å². The van der Waals surface area contributed by atoms with Crippen LogP contribution < -0.4 is 5.32 Å². The Bertz CT molecular complexity index is 627. The highest BCUT2D eigenvalue weighted by Gasteiger charge is 2.08. The number of pyridine rings is 1. The summed E-state index contributed by atoms with van der Waals surface area (Å²) >= 11 is 0. The number of hydrogen-bond acceptors (Lipinski definition) is 2. The Kier molecular flexibility index (Phi) is 6.20. The topological polar surface area (TPSA) is 45.5 Å². The standard InChI is InChI=1S/C18H27N5/c1-5-19-18(23(4)14-17-7-6-12-22(17)3)20-11-10-16-9-8-15(2)21-13-16/h6-9,12-13H,5,10-11,14H2,1-4H3,(H,19,20). The fourth-order valence-electron chi connectivity index (χ4n) is 2.39. The van der Waals surface area contributed by atoms with Crippen molar-refractivity contribution in [3.63, 3.8) is 0 Å². The summed E-state index contributed by atoms with van der Waals surface area (Å²) in [5.41, 5.74) is 3.54. The van der Waals surface area contributed by atoms with Crippen LogP contribution in [0.3, 0.4) is 0 Å². The second-order valence-corrected chi connectivity index (χ2v) is 5.76. The number of aliphatic imine (C=N–C) groups is 1. The summed E-state index contributed by atoms with van der Waals surface area (Å²) in [6.45, 7) is 6.55. The summed E-state index contributed by atoms with van der Waals surface area (Å²) in [6, 6.07) is 8.37. The maximum Gasteiger partial charge on any atom is 0.194 e. The molecule has 0 saturated heterocycles. The van der Waals surface area contributed by atoms with Crippen molar-refractivity contribution in [2.24, 2.45) is 12.0 Å². The molecule has 2 rings (SSSR count). The van der Waals surface area contributed by atoms with Crippen molar-refractivity contribution in [2.45, 2.75) is 26.8 Å². The quantitative estimate of drug-likeness (QED) is 0.658. The van der Waals surface area contributed by atoms with E-state index in [2.05, 4.69) is 65.2 Å². The molecule has 0 aliphatic rings. The van der Waals surface area contributed by atoms with Crippen LogP contribution in [0.5, 0.6) is 0 Å². The number of nitrogens with zero attached hydrogens (tertiary/aromatic N) is 4. The molecule has 2 aromatic heterocycles. The summed E-state index contributed by atoms with van der Waals surface area (Å²) in [7, 11) is 4.14. The molecule has 2 heterocycles. The Morgan fingerprint density at radius 1 is 1.35 bits per heavy atom. The Morgan fingerprint density at radius 3 is 2.78 bits per heavy atom. The van der Waals surface area contributed by atoms with E-state index in [0.717, 1.165) is 37.7 Å². The molecule has 2 aromatic rings. The highest BCUT2D eigenvalue weighted by Crippen LogP contribution is 2.05. The average Bonchev–Trinajstić information content (AvgIpc) is 2.93. The van der Waals surface area contributed by atoms with Gasteiger partial charge in [0.2, 0.25) is 0 Å². The molecule has 23 heavy (non-hydrogen) atoms. The smallest absolute Gasteiger partial charge is 0.194 e. The molecule has 0 spiro atoms. The number of aromatic nitrogens is 2. The van der Waals surface area contributed by atoms with Gasteiger partial charge in [0, 0.05) is 51.0 Å². The Morgan fingerprint density at radius 2 is 2.17 bits per heavy atom. The largest absolute Gasteiger partial charge is 0.357 e. The van der Waals surface area contributed by atoms with E-state index in [9.17, 15) is 0 Å². The summed E-state index contributed by atoms with van der Waals surface area (Å²) < 4.78 is 2.14. The number of hydrogen-bond donors (Lipinski definition) is 1. The lowest BCUT2D eigenvalue weighted by atomic mass is 10.2. The first kappa shape index (κ1) is 17.1. The molecule has 0 fully saturated rings. The minimum atomic E-state index is 0.755. The molecule has 0 radical (unpaired) electrons. The van der Waals surface area contributed by atoms with Crippen LogP contribution in [-0.2, 0) is 20.0 Å². The first-order valence-electron chi connectivity index (χ1n) is 8.11. The third kappa shape index (κ3) is 5.13. The van der Waals surface area contributed by atoms with Gasteiger partial charge in [0.1, 0.15) is 0 Å². The highest BCUT2D eigenvalue weighted by molar-refractivity contribution is 5.79. The zero-order valence-corrected chi connectivity index (χ0v) is 14.6. The predicted octanol–water partition coefficient (Wildman–Crippen LogP) is 2.37. The van der Waals surface area contributed by atoms with Gasteiger partial charge in [-0.25, -0.2) is 0 Å². The van der Waals surface area contributed by atoms with Gasteiger partial charge in [0.05, 0.1) is 6.54 Å². The summed E-state index contributed by atoms with van der Waals surface area (Å²) in [5.74, 6) is 0.939. The van der Waals surface area contributed by atoms with E-state index in [1.165, 1.54) is 11.3 Å². The first-order valence-corrected chi connectivity index (χ1v) is 8.11. The van der Waals surface area contributed by atoms with Gasteiger partial charge in [0.25, 0.3) is 0 Å². The number of rotatable bonds is 6. The van der Waals surface area contributed by atoms with Crippen LogP contribution in [-0.4, -0.2) is 40.5 Å². The van der Waals surface area contributed by atoms with Crippen LogP contribution in [0.1, 0.15) is 23.9 Å². The van der Waals surface area contributed by atoms with Crippen molar-refractivity contribution in [1.82, 2.24) is 19.8 Å². The second-order valence-electron chi connectivity index (χ2n) is 5.76. The van der Waals surface area contributed by atoms with Crippen LogP contribution in [0.15, 0.2) is 41.7 Å². The van der Waals surface area contributed by atoms with Crippen molar-refractivity contribution in [3.8, 4) is 0 Å². The van der Waals surface area contributed by atoms with Gasteiger partial charge in [-0.15, -0.1) is 0 Å². The van der Waals surface area contributed by atoms with Crippen LogP contribution in [0.2, 0.25) is 0 Å². The van der Waals surface area contributed by atoms with Crippen molar-refractivity contribution < 1.29 is 0 Å². The molecule has 0 unspecified atom stereocenters. The SMILES string of the molecule is CCNC(=NCCc1ccc(C)nc1)N(C)Cc1cccn1C. The van der Waals surface area contributed by atoms with E-state index in [4.69, 9.17) is 4.99 Å². The van der Waals surface area contributed by atoms with Gasteiger partial charge in [-0.3, -0.25) is 9.98 Å². The van der Waals surface area contributed by atoms with Gasteiger partial charge in [-0.05, 0) is 44.0 Å². The van der Waals surface area contributed by atoms with E-state index in [1.807, 2.05) is 19.2 Å². The van der Waals surface area contributed by atoms with Gasteiger partial charge in [-0.2, -0.15) is 0 Å². The number of nitrogens with one attached hydrogen (secondary N) is 1. The third-order valence-corrected chi connectivity index (χ3v) is 3.78. The molecule has 0 aliphatic heterocycles. The molecular weight excluding hydrogens is 286 g/mol. The molecule has 0 bridgehead atoms. The zero-order valence-electron chi connectivity index (χ0n) is 14.6. The summed E-state index contributed by atoms with van der Waals surface area (Å²) in [4.78, 5) is 11.2. The van der Waals surface area contributed by atoms with E-state index in [1.54, 1.807) is 0 Å². The lowest BCUT2D eigenvalue weighted by Gasteiger charge is -2.22. The molecule has 1 N–H and O–H groups in total. The van der Waals surface area contributed by atoms with Crippen LogP contribution in [0, 0.1) is 6.92 Å². The molecule has 5 heteroatoms. The maximum absolute atomic E-state index is 4.74. The summed E-state index contributed by atoms with van der Waals surface area (Å²) in [6.07, 6.45) is 4.91. The van der Waals surface area contributed by atoms with Crippen LogP contribution in [0.25, 0.3) is 0 Å². The molecule has 124 valence electrons. The van der Waals surface area contributed by atoms with E-state index in [0.29, 0.717) is 0 Å². The normalized spacial score (nSPS) is 11.6. The minimum Gasteiger partial charge on any atom is -0.357 e. The Balaban J connectivity index is 1.95. The fourth-order valence-corrected chi connectivity index (χ4v) is 2.39. The molecule has 0 atom stereocenters. The van der Waals surface area contributed by atoms with E-state index in [-0.39, 0.29) is 0 Å². The Labute approximate surface area is 139 Å². The highest BCUT2D eigenvalue weighted by atomic mass is 15.3. The molecule has 0 aliphatic carbocycles. The first-order chi connectivity index (χ1) is 11.1. The summed E-state index contributed by atoms with van der Waals surface area (Å²) in [5, 5.41) is 3.36. The van der Waals surface area contributed by atoms with Crippen molar-refractivity contribution in [3.05, 3.63) is 53.6 Å². The third-order valence-electron chi connectivity index (χ3n) is 3.78. The zero-order chi connectivity index (χ0) is 16.7. The molecule has 5 nitrogen and oxygen atoms in total. The predicted molar refractivity (Wildman–Crippen MR) is 95.5 cm³/mol. The van der Waals surface area contributed by atoms with Crippen molar-refractivity contribution >= 4 is 5.96 Å². The average molecular weight is 313 g/mol. The second kappa shape index (κ2) is 8.36. The monoisotopic (exact) mass is 313 g/mol. The molecular formula is C18H27N5. The van der Waals surface area contributed by atoms with Crippen LogP contribution in [0.4, 0.5) is 0 Å². The molecule has 0 saturated carbocycles. The molecule has 0 aromatic carbocycles. The van der Waals surface area contributed by atoms with Gasteiger partial charge in [-0.1, -0.05) is 6.07 Å². The van der Waals surface area contributed by atoms with E-state index < -0.39 is 0 Å².